The van der Waals surface area contributed by atoms with Gasteiger partial charge in [-0.1, -0.05) is 0 Å². The molecule has 2 fully saturated rings. The van der Waals surface area contributed by atoms with Crippen LogP contribution in [0.3, 0.4) is 0 Å². The fourth-order valence-electron chi connectivity index (χ4n) is 1.45. The van der Waals surface area contributed by atoms with Gasteiger partial charge in [-0.15, -0.1) is 0 Å². The molecule has 0 aliphatic heterocycles. The molecule has 5 heteroatoms. The van der Waals surface area contributed by atoms with E-state index in [9.17, 15) is 18.0 Å². The van der Waals surface area contributed by atoms with Gasteiger partial charge in [0.1, 0.15) is 0 Å². The Hall–Kier alpha value is -0.740. The second-order valence-corrected chi connectivity index (χ2v) is 3.65. The summed E-state index contributed by atoms with van der Waals surface area (Å²) in [5, 5.41) is 1.90. The van der Waals surface area contributed by atoms with E-state index in [1.54, 1.807) is 0 Å². The molecule has 0 unspecified atom stereocenters. The SMILES string of the molecule is O=C(NCC12CC1C2)C(F)(F)F. The molecule has 68 valence electrons. The zero-order valence-electron chi connectivity index (χ0n) is 6.24. The molecule has 0 heterocycles. The third kappa shape index (κ3) is 1.17. The fraction of sp³-hybridized carbons (Fsp3) is 0.857. The first-order chi connectivity index (χ1) is 5.44. The van der Waals surface area contributed by atoms with E-state index in [-0.39, 0.29) is 12.0 Å². The van der Waals surface area contributed by atoms with Crippen LogP contribution in [-0.2, 0) is 4.79 Å². The van der Waals surface area contributed by atoms with Crippen molar-refractivity contribution in [2.45, 2.75) is 19.0 Å². The zero-order valence-corrected chi connectivity index (χ0v) is 6.24. The van der Waals surface area contributed by atoms with Crippen molar-refractivity contribution in [1.82, 2.24) is 5.32 Å². The van der Waals surface area contributed by atoms with Crippen LogP contribution in [0, 0.1) is 11.3 Å². The summed E-state index contributed by atoms with van der Waals surface area (Å²) in [4.78, 5) is 10.3. The van der Waals surface area contributed by atoms with Crippen molar-refractivity contribution in [3.05, 3.63) is 0 Å². The van der Waals surface area contributed by atoms with E-state index < -0.39 is 12.1 Å². The van der Waals surface area contributed by atoms with Crippen LogP contribution in [0.5, 0.6) is 0 Å². The van der Waals surface area contributed by atoms with Crippen LogP contribution in [0.1, 0.15) is 12.8 Å². The molecule has 0 radical (unpaired) electrons. The van der Waals surface area contributed by atoms with Gasteiger partial charge in [-0.05, 0) is 24.2 Å². The van der Waals surface area contributed by atoms with Crippen LogP contribution in [-0.4, -0.2) is 18.6 Å². The number of nitrogens with one attached hydrogen (secondary N) is 1. The average molecular weight is 179 g/mol. The van der Waals surface area contributed by atoms with Crippen LogP contribution in [0.4, 0.5) is 13.2 Å². The third-order valence-corrected chi connectivity index (χ3v) is 2.71. The smallest absolute Gasteiger partial charge is 0.348 e. The normalized spacial score (nSPS) is 37.1. The Labute approximate surface area is 67.1 Å². The van der Waals surface area contributed by atoms with Crippen LogP contribution < -0.4 is 5.32 Å². The van der Waals surface area contributed by atoms with Gasteiger partial charge < -0.3 is 5.32 Å². The molecular weight excluding hydrogens is 171 g/mol. The maximum absolute atomic E-state index is 11.6. The molecule has 0 atom stereocenters. The topological polar surface area (TPSA) is 29.1 Å². The van der Waals surface area contributed by atoms with Gasteiger partial charge in [-0.25, -0.2) is 0 Å². The van der Waals surface area contributed by atoms with Gasteiger partial charge >= 0.3 is 12.1 Å². The Bertz CT molecular complexity index is 229. The number of alkyl halides is 3. The molecule has 2 aliphatic rings. The molecule has 0 aromatic carbocycles. The van der Waals surface area contributed by atoms with E-state index in [0.717, 1.165) is 12.8 Å². The Balaban J connectivity index is 1.76. The Morgan fingerprint density at radius 1 is 1.50 bits per heavy atom. The van der Waals surface area contributed by atoms with E-state index >= 15 is 0 Å². The number of hydrogen-bond donors (Lipinski definition) is 1. The van der Waals surface area contributed by atoms with Gasteiger partial charge in [0.15, 0.2) is 0 Å². The molecular formula is C7H8F3NO. The predicted octanol–water partition coefficient (Wildman–Crippen LogP) is 1.07. The molecule has 2 rings (SSSR count). The lowest BCUT2D eigenvalue weighted by Gasteiger charge is -2.08. The molecule has 2 aliphatic carbocycles. The number of carbonyl (C=O) groups excluding carboxylic acids is 1. The van der Waals surface area contributed by atoms with E-state index in [1.807, 2.05) is 5.32 Å². The molecule has 12 heavy (non-hydrogen) atoms. The van der Waals surface area contributed by atoms with E-state index in [2.05, 4.69) is 0 Å². The second-order valence-electron chi connectivity index (χ2n) is 3.65. The maximum Gasteiger partial charge on any atom is 0.471 e. The molecule has 1 N–H and O–H groups in total. The van der Waals surface area contributed by atoms with E-state index in [4.69, 9.17) is 0 Å². The highest BCUT2D eigenvalue weighted by molar-refractivity contribution is 5.81. The molecule has 1 amide bonds. The largest absolute Gasteiger partial charge is 0.471 e. The fourth-order valence-corrected chi connectivity index (χ4v) is 1.45. The maximum atomic E-state index is 11.6. The summed E-state index contributed by atoms with van der Waals surface area (Å²) in [7, 11) is 0. The van der Waals surface area contributed by atoms with Crippen molar-refractivity contribution in [2.24, 2.45) is 11.3 Å². The average Bonchev–Trinajstić information content (AvgIpc) is 2.66. The molecule has 0 aromatic heterocycles. The number of amides is 1. The predicted molar refractivity (Wildman–Crippen MR) is 34.2 cm³/mol. The summed E-state index contributed by atoms with van der Waals surface area (Å²) < 4.78 is 34.9. The first-order valence-corrected chi connectivity index (χ1v) is 3.79. The van der Waals surface area contributed by atoms with Gasteiger partial charge in [0.25, 0.3) is 0 Å². The summed E-state index contributed by atoms with van der Waals surface area (Å²) in [5.41, 5.74) is 0.0842. The summed E-state index contributed by atoms with van der Waals surface area (Å²) in [6.45, 7) is 0.204. The minimum atomic E-state index is -4.73. The van der Waals surface area contributed by atoms with Gasteiger partial charge in [0.2, 0.25) is 0 Å². The standard InChI is InChI=1S/C7H8F3NO/c8-7(9,10)5(12)11-3-6-1-4(6)2-6/h4H,1-3H2,(H,11,12). The zero-order chi connectivity index (χ0) is 8.98. The summed E-state index contributed by atoms with van der Waals surface area (Å²) in [6, 6.07) is 0. The Morgan fingerprint density at radius 2 is 2.00 bits per heavy atom. The Kier molecular flexibility index (Phi) is 1.28. The summed E-state index contributed by atoms with van der Waals surface area (Å²) >= 11 is 0. The van der Waals surface area contributed by atoms with Crippen molar-refractivity contribution in [1.29, 1.82) is 0 Å². The lowest BCUT2D eigenvalue weighted by Crippen LogP contribution is -2.38. The highest BCUT2D eigenvalue weighted by Crippen LogP contribution is 2.74. The minimum absolute atomic E-state index is 0.0842. The first kappa shape index (κ1) is 7.89. The van der Waals surface area contributed by atoms with Crippen molar-refractivity contribution < 1.29 is 18.0 Å². The molecule has 0 aromatic rings. The second kappa shape index (κ2) is 1.95. The van der Waals surface area contributed by atoms with Crippen LogP contribution in [0.2, 0.25) is 0 Å². The van der Waals surface area contributed by atoms with Crippen molar-refractivity contribution in [3.8, 4) is 0 Å². The minimum Gasteiger partial charge on any atom is -0.348 e. The molecule has 0 bridgehead atoms. The number of halogens is 3. The van der Waals surface area contributed by atoms with Gasteiger partial charge in [-0.2, -0.15) is 13.2 Å². The van der Waals surface area contributed by atoms with Gasteiger partial charge in [0, 0.05) is 6.54 Å². The van der Waals surface area contributed by atoms with Crippen LogP contribution in [0.25, 0.3) is 0 Å². The monoisotopic (exact) mass is 179 g/mol. The molecule has 2 saturated carbocycles. The van der Waals surface area contributed by atoms with E-state index in [0.29, 0.717) is 5.92 Å². The lowest BCUT2D eigenvalue weighted by molar-refractivity contribution is -0.173. The molecule has 2 nitrogen and oxygen atoms in total. The number of rotatable bonds is 2. The van der Waals surface area contributed by atoms with Gasteiger partial charge in [-0.3, -0.25) is 4.79 Å². The summed E-state index contributed by atoms with van der Waals surface area (Å²) in [6.07, 6.45) is -2.74. The summed E-state index contributed by atoms with van der Waals surface area (Å²) in [5.74, 6) is -1.21. The molecule has 0 saturated heterocycles. The number of hydrogen-bond acceptors (Lipinski definition) is 1. The quantitative estimate of drug-likeness (QED) is 0.675. The lowest BCUT2D eigenvalue weighted by atomic mass is 10.2. The molecule has 0 spiro atoms. The highest BCUT2D eigenvalue weighted by atomic mass is 19.4. The van der Waals surface area contributed by atoms with Crippen LogP contribution >= 0.6 is 0 Å². The van der Waals surface area contributed by atoms with Gasteiger partial charge in [0.05, 0.1) is 0 Å². The van der Waals surface area contributed by atoms with Crippen molar-refractivity contribution in [3.63, 3.8) is 0 Å². The van der Waals surface area contributed by atoms with Crippen molar-refractivity contribution in [2.75, 3.05) is 6.54 Å². The highest BCUT2D eigenvalue weighted by Gasteiger charge is 2.69. The third-order valence-electron chi connectivity index (χ3n) is 2.71. The van der Waals surface area contributed by atoms with Crippen molar-refractivity contribution >= 4 is 5.91 Å². The Morgan fingerprint density at radius 3 is 2.33 bits per heavy atom. The van der Waals surface area contributed by atoms with Crippen LogP contribution in [0.15, 0.2) is 0 Å². The van der Waals surface area contributed by atoms with E-state index in [1.165, 1.54) is 0 Å². The number of fused-ring (bicyclic) bond motifs is 1. The first-order valence-electron chi connectivity index (χ1n) is 3.79. The number of carbonyl (C=O) groups is 1.